The number of carbonyl (C=O) groups excluding carboxylic acids is 2. The molecule has 12 heteroatoms. The second-order valence-electron chi connectivity index (χ2n) is 7.37. The molecule has 2 fully saturated rings. The van der Waals surface area contributed by atoms with Gasteiger partial charge in [-0.15, -0.1) is 0 Å². The van der Waals surface area contributed by atoms with Gasteiger partial charge in [-0.25, -0.2) is 13.2 Å². The lowest BCUT2D eigenvalue weighted by Crippen LogP contribution is -2.43. The summed E-state index contributed by atoms with van der Waals surface area (Å²) < 4.78 is 33.9. The largest absolute Gasteiger partial charge is 0.452 e. The maximum atomic E-state index is 12.8. The molecule has 2 aliphatic rings. The maximum absolute atomic E-state index is 12.8. The normalized spacial score (nSPS) is 20.3. The Morgan fingerprint density at radius 3 is 2.61 bits per heavy atom. The third-order valence-corrected chi connectivity index (χ3v) is 7.15. The summed E-state index contributed by atoms with van der Waals surface area (Å²) in [6.07, 6.45) is 0.349. The van der Waals surface area contributed by atoms with E-state index in [9.17, 15) is 28.1 Å². The van der Waals surface area contributed by atoms with E-state index in [0.29, 0.717) is 38.4 Å². The van der Waals surface area contributed by atoms with Crippen LogP contribution >= 0.6 is 0 Å². The number of nitrogens with zero attached hydrogens (tertiary/aromatic N) is 3. The Morgan fingerprint density at radius 2 is 2.03 bits per heavy atom. The zero-order valence-electron chi connectivity index (χ0n) is 17.2. The van der Waals surface area contributed by atoms with Crippen molar-refractivity contribution in [2.45, 2.75) is 19.4 Å². The molecule has 170 valence electrons. The maximum Gasteiger partial charge on any atom is 0.341 e. The third-order valence-electron chi connectivity index (χ3n) is 5.40. The molecule has 2 saturated heterocycles. The van der Waals surface area contributed by atoms with E-state index in [1.807, 2.05) is 4.90 Å². The number of hydrogen-bond acceptors (Lipinski definition) is 9. The molecule has 1 amide bonds. The van der Waals surface area contributed by atoms with Gasteiger partial charge in [-0.2, -0.15) is 0 Å². The summed E-state index contributed by atoms with van der Waals surface area (Å²) in [5, 5.41) is 11.2. The molecule has 0 unspecified atom stereocenters. The molecule has 0 radical (unpaired) electrons. The fraction of sp³-hybridized carbons (Fsp3) is 0.579. The van der Waals surface area contributed by atoms with Crippen molar-refractivity contribution in [3.8, 4) is 0 Å². The number of nitro benzene ring substituents is 1. The average molecular weight is 455 g/mol. The van der Waals surface area contributed by atoms with Crippen LogP contribution in [0, 0.1) is 10.1 Å². The highest BCUT2D eigenvalue weighted by molar-refractivity contribution is 7.91. The van der Waals surface area contributed by atoms with Gasteiger partial charge in [-0.1, -0.05) is 0 Å². The molecule has 0 bridgehead atoms. The van der Waals surface area contributed by atoms with Crippen molar-refractivity contribution in [2.24, 2.45) is 0 Å². The van der Waals surface area contributed by atoms with Crippen LogP contribution < -0.4 is 4.90 Å². The first-order valence-corrected chi connectivity index (χ1v) is 11.8. The van der Waals surface area contributed by atoms with E-state index in [4.69, 9.17) is 9.47 Å². The van der Waals surface area contributed by atoms with Gasteiger partial charge in [0.25, 0.3) is 11.6 Å². The van der Waals surface area contributed by atoms with E-state index in [0.717, 1.165) is 6.07 Å². The molecular weight excluding hydrogens is 430 g/mol. The summed E-state index contributed by atoms with van der Waals surface area (Å²) in [5.41, 5.74) is 0.206. The van der Waals surface area contributed by atoms with Crippen LogP contribution in [0.2, 0.25) is 0 Å². The smallest absolute Gasteiger partial charge is 0.341 e. The van der Waals surface area contributed by atoms with Crippen molar-refractivity contribution >= 4 is 33.1 Å². The summed E-state index contributed by atoms with van der Waals surface area (Å²) in [5.74, 6) is -1.44. The number of benzene rings is 1. The Balaban J connectivity index is 1.73. The van der Waals surface area contributed by atoms with Crippen LogP contribution in [-0.2, 0) is 24.1 Å². The predicted octanol–water partition coefficient (Wildman–Crippen LogP) is 0.624. The lowest BCUT2D eigenvalue weighted by atomic mass is 10.1. The van der Waals surface area contributed by atoms with Gasteiger partial charge in [0.05, 0.1) is 40.9 Å². The van der Waals surface area contributed by atoms with Crippen LogP contribution in [0.4, 0.5) is 11.4 Å². The van der Waals surface area contributed by atoms with Crippen molar-refractivity contribution in [1.29, 1.82) is 0 Å². The molecule has 0 N–H and O–H groups in total. The molecule has 11 nitrogen and oxygen atoms in total. The minimum Gasteiger partial charge on any atom is -0.452 e. The van der Waals surface area contributed by atoms with Crippen molar-refractivity contribution in [1.82, 2.24) is 4.90 Å². The van der Waals surface area contributed by atoms with Gasteiger partial charge >= 0.3 is 5.97 Å². The number of rotatable bonds is 7. The number of carbonyl (C=O) groups is 2. The number of amides is 1. The number of sulfone groups is 1. The molecule has 0 aliphatic carbocycles. The molecule has 3 rings (SSSR count). The molecule has 1 aromatic rings. The van der Waals surface area contributed by atoms with Gasteiger partial charge in [-0.05, 0) is 19.4 Å². The standard InChI is InChI=1S/C19H25N3O8S/c1-2-21(15-5-10-31(27,28)13-15)18(23)12-30-19(24)16-11-14(22(25)26)3-4-17(16)20-6-8-29-9-7-20/h3-4,11,15H,2,5-10,12-13H2,1H3/t15-/m1/s1. The summed E-state index contributed by atoms with van der Waals surface area (Å²) in [4.78, 5) is 39.2. The number of anilines is 1. The van der Waals surface area contributed by atoms with Crippen LogP contribution in [0.25, 0.3) is 0 Å². The summed E-state index contributed by atoms with van der Waals surface area (Å²) in [6, 6.07) is 3.50. The van der Waals surface area contributed by atoms with Crippen LogP contribution in [0.5, 0.6) is 0 Å². The Labute approximate surface area is 180 Å². The number of esters is 1. The Morgan fingerprint density at radius 1 is 1.32 bits per heavy atom. The van der Waals surface area contributed by atoms with Crippen molar-refractivity contribution < 1.29 is 32.4 Å². The summed E-state index contributed by atoms with van der Waals surface area (Å²) >= 11 is 0. The molecule has 0 aromatic heterocycles. The van der Waals surface area contributed by atoms with Crippen LogP contribution in [0.3, 0.4) is 0 Å². The molecular formula is C19H25N3O8S. The Hall–Kier alpha value is -2.73. The second kappa shape index (κ2) is 9.60. The van der Waals surface area contributed by atoms with E-state index < -0.39 is 39.3 Å². The number of ether oxygens (including phenoxy) is 2. The van der Waals surface area contributed by atoms with E-state index in [-0.39, 0.29) is 29.3 Å². The zero-order valence-corrected chi connectivity index (χ0v) is 18.0. The Bertz CT molecular complexity index is 959. The lowest BCUT2D eigenvalue weighted by molar-refractivity contribution is -0.384. The highest BCUT2D eigenvalue weighted by Gasteiger charge is 2.34. The molecule has 31 heavy (non-hydrogen) atoms. The van der Waals surface area contributed by atoms with Gasteiger partial charge in [0, 0.05) is 37.8 Å². The Kier molecular flexibility index (Phi) is 7.11. The zero-order chi connectivity index (χ0) is 22.6. The van der Waals surface area contributed by atoms with Crippen molar-refractivity contribution in [2.75, 3.05) is 55.9 Å². The molecule has 2 heterocycles. The molecule has 0 saturated carbocycles. The van der Waals surface area contributed by atoms with Crippen LogP contribution in [0.15, 0.2) is 18.2 Å². The molecule has 0 spiro atoms. The van der Waals surface area contributed by atoms with Crippen molar-refractivity contribution in [3.05, 3.63) is 33.9 Å². The topological polar surface area (TPSA) is 136 Å². The van der Waals surface area contributed by atoms with Crippen molar-refractivity contribution in [3.63, 3.8) is 0 Å². The first-order chi connectivity index (χ1) is 14.7. The molecule has 1 aromatic carbocycles. The number of morpholine rings is 1. The minimum absolute atomic E-state index is 0.00427. The van der Waals surface area contributed by atoms with E-state index in [2.05, 4.69) is 0 Å². The quantitative estimate of drug-likeness (QED) is 0.329. The third kappa shape index (κ3) is 5.50. The highest BCUT2D eigenvalue weighted by Crippen LogP contribution is 2.27. The van der Waals surface area contributed by atoms with Gasteiger partial charge in [-0.3, -0.25) is 14.9 Å². The van der Waals surface area contributed by atoms with Gasteiger partial charge in [0.15, 0.2) is 16.4 Å². The fourth-order valence-corrected chi connectivity index (χ4v) is 5.56. The fourth-order valence-electron chi connectivity index (χ4n) is 3.83. The first-order valence-electron chi connectivity index (χ1n) is 10.00. The van der Waals surface area contributed by atoms with Crippen LogP contribution in [-0.4, -0.2) is 87.1 Å². The van der Waals surface area contributed by atoms with E-state index in [1.54, 1.807) is 6.92 Å². The summed E-state index contributed by atoms with van der Waals surface area (Å²) in [7, 11) is -3.17. The lowest BCUT2D eigenvalue weighted by Gasteiger charge is -2.30. The number of nitro groups is 1. The summed E-state index contributed by atoms with van der Waals surface area (Å²) in [6.45, 7) is 3.37. The second-order valence-corrected chi connectivity index (χ2v) is 9.60. The average Bonchev–Trinajstić information content (AvgIpc) is 3.11. The van der Waals surface area contributed by atoms with E-state index >= 15 is 0 Å². The number of non-ortho nitro benzene ring substituents is 1. The first kappa shape index (κ1) is 22.9. The van der Waals surface area contributed by atoms with Gasteiger partial charge in [0.2, 0.25) is 0 Å². The minimum atomic E-state index is -3.17. The molecule has 2 aliphatic heterocycles. The number of hydrogen-bond donors (Lipinski definition) is 0. The highest BCUT2D eigenvalue weighted by atomic mass is 32.2. The monoisotopic (exact) mass is 455 g/mol. The van der Waals surface area contributed by atoms with Gasteiger partial charge < -0.3 is 19.3 Å². The van der Waals surface area contributed by atoms with E-state index in [1.165, 1.54) is 17.0 Å². The number of likely N-dealkylation sites (N-methyl/N-ethyl adjacent to an activating group) is 1. The predicted molar refractivity (Wildman–Crippen MR) is 111 cm³/mol. The van der Waals surface area contributed by atoms with Gasteiger partial charge in [0.1, 0.15) is 0 Å². The van der Waals surface area contributed by atoms with Crippen LogP contribution in [0.1, 0.15) is 23.7 Å². The molecule has 1 atom stereocenters. The SMILES string of the molecule is CCN(C(=O)COC(=O)c1cc([N+](=O)[O-])ccc1N1CCOCC1)[C@@H]1CCS(=O)(=O)C1.